The molecule has 0 unspecified atom stereocenters. The topological polar surface area (TPSA) is 35.9 Å². The van der Waals surface area contributed by atoms with Gasteiger partial charge in [0.25, 0.3) is 0 Å². The van der Waals surface area contributed by atoms with Crippen LogP contribution in [0.5, 0.6) is 5.75 Å². The van der Waals surface area contributed by atoms with E-state index in [1.807, 2.05) is 0 Å². The highest BCUT2D eigenvalue weighted by Crippen LogP contribution is 2.21. The number of likely N-dealkylation sites (tertiary alicyclic amines) is 2. The zero-order valence-electron chi connectivity index (χ0n) is 14.4. The number of hydrogen-bond donors (Lipinski definition) is 1. The van der Waals surface area contributed by atoms with Gasteiger partial charge in [0.15, 0.2) is 0 Å². The lowest BCUT2D eigenvalue weighted by Gasteiger charge is -2.40. The Morgan fingerprint density at radius 1 is 1.04 bits per heavy atom. The molecule has 0 radical (unpaired) electrons. The quantitative estimate of drug-likeness (QED) is 0.866. The summed E-state index contributed by atoms with van der Waals surface area (Å²) in [5.41, 5.74) is 0. The molecule has 2 heterocycles. The number of rotatable bonds is 6. The van der Waals surface area contributed by atoms with Crippen molar-refractivity contribution in [2.75, 3.05) is 39.3 Å². The van der Waals surface area contributed by atoms with E-state index in [9.17, 15) is 9.50 Å². The van der Waals surface area contributed by atoms with Crippen molar-refractivity contribution in [1.82, 2.24) is 9.80 Å². The van der Waals surface area contributed by atoms with Crippen molar-refractivity contribution < 1.29 is 14.2 Å². The van der Waals surface area contributed by atoms with E-state index in [-0.39, 0.29) is 12.4 Å². The van der Waals surface area contributed by atoms with Crippen molar-refractivity contribution >= 4 is 0 Å². The molecule has 0 spiro atoms. The number of aliphatic hydroxyl groups excluding tert-OH is 1. The smallest absolute Gasteiger partial charge is 0.123 e. The van der Waals surface area contributed by atoms with Crippen LogP contribution in [0.4, 0.5) is 4.39 Å². The Labute approximate surface area is 144 Å². The molecule has 134 valence electrons. The summed E-state index contributed by atoms with van der Waals surface area (Å²) in [7, 11) is 0. The lowest BCUT2D eigenvalue weighted by Crippen LogP contribution is -2.48. The first-order chi connectivity index (χ1) is 11.7. The van der Waals surface area contributed by atoms with Crippen LogP contribution in [0.3, 0.4) is 0 Å². The number of piperidine rings is 2. The number of halogens is 1. The fourth-order valence-electron chi connectivity index (χ4n) is 3.82. The standard InChI is InChI=1S/C19H29FN2O2/c20-16-4-6-19(7-5-16)24-15-18(23)14-21-12-8-17(9-13-21)22-10-2-1-3-11-22/h4-7,17-18,23H,1-3,8-15H2/t18-/m1/s1. The maximum Gasteiger partial charge on any atom is 0.123 e. The van der Waals surface area contributed by atoms with Crippen LogP contribution in [0.15, 0.2) is 24.3 Å². The molecule has 0 amide bonds. The van der Waals surface area contributed by atoms with E-state index in [0.29, 0.717) is 12.3 Å². The van der Waals surface area contributed by atoms with Crippen molar-refractivity contribution in [3.05, 3.63) is 30.1 Å². The Kier molecular flexibility index (Phi) is 6.46. The van der Waals surface area contributed by atoms with Gasteiger partial charge in [-0.3, -0.25) is 0 Å². The molecule has 3 rings (SSSR count). The van der Waals surface area contributed by atoms with E-state index in [1.54, 1.807) is 12.1 Å². The third-order valence-electron chi connectivity index (χ3n) is 5.19. The summed E-state index contributed by atoms with van der Waals surface area (Å²) < 4.78 is 18.4. The monoisotopic (exact) mass is 336 g/mol. The average Bonchev–Trinajstić information content (AvgIpc) is 2.63. The largest absolute Gasteiger partial charge is 0.491 e. The van der Waals surface area contributed by atoms with Crippen LogP contribution < -0.4 is 4.74 Å². The van der Waals surface area contributed by atoms with Gasteiger partial charge in [-0.25, -0.2) is 4.39 Å². The maximum absolute atomic E-state index is 12.8. The van der Waals surface area contributed by atoms with Gasteiger partial charge in [-0.15, -0.1) is 0 Å². The first kappa shape index (κ1) is 17.6. The van der Waals surface area contributed by atoms with Gasteiger partial charge in [-0.2, -0.15) is 0 Å². The SMILES string of the molecule is O[C@@H](COc1ccc(F)cc1)CN1CCC(N2CCCCC2)CC1. The summed E-state index contributed by atoms with van der Waals surface area (Å²) in [5, 5.41) is 10.2. The minimum atomic E-state index is -0.512. The summed E-state index contributed by atoms with van der Waals surface area (Å²) in [4.78, 5) is 4.99. The number of β-amino-alcohol motifs (C(OH)–C–C–N with tert-alkyl or cyclic N) is 1. The minimum absolute atomic E-state index is 0.248. The number of aliphatic hydroxyl groups is 1. The Bertz CT molecular complexity index is 483. The van der Waals surface area contributed by atoms with Crippen molar-refractivity contribution in [3.63, 3.8) is 0 Å². The molecule has 2 aliphatic rings. The molecule has 0 aliphatic carbocycles. The van der Waals surface area contributed by atoms with Crippen molar-refractivity contribution in [2.45, 2.75) is 44.2 Å². The molecule has 5 heteroatoms. The highest BCUT2D eigenvalue weighted by molar-refractivity contribution is 5.22. The molecular weight excluding hydrogens is 307 g/mol. The van der Waals surface area contributed by atoms with Crippen LogP contribution in [0.1, 0.15) is 32.1 Å². The number of benzene rings is 1. The van der Waals surface area contributed by atoms with Crippen LogP contribution in [0, 0.1) is 5.82 Å². The van der Waals surface area contributed by atoms with Gasteiger partial charge in [0.05, 0.1) is 0 Å². The predicted molar refractivity (Wildman–Crippen MR) is 92.8 cm³/mol. The van der Waals surface area contributed by atoms with E-state index in [1.165, 1.54) is 57.3 Å². The molecule has 2 fully saturated rings. The van der Waals surface area contributed by atoms with Crippen molar-refractivity contribution in [3.8, 4) is 5.75 Å². The fraction of sp³-hybridized carbons (Fsp3) is 0.684. The lowest BCUT2D eigenvalue weighted by molar-refractivity contribution is 0.0406. The van der Waals surface area contributed by atoms with Gasteiger partial charge in [-0.1, -0.05) is 6.42 Å². The van der Waals surface area contributed by atoms with Crippen molar-refractivity contribution in [2.24, 2.45) is 0 Å². The highest BCUT2D eigenvalue weighted by Gasteiger charge is 2.26. The summed E-state index contributed by atoms with van der Waals surface area (Å²) in [6.45, 7) is 5.52. The van der Waals surface area contributed by atoms with Crippen LogP contribution in [0.25, 0.3) is 0 Å². The van der Waals surface area contributed by atoms with Gasteiger partial charge in [0.2, 0.25) is 0 Å². The van der Waals surface area contributed by atoms with E-state index in [2.05, 4.69) is 9.80 Å². The van der Waals surface area contributed by atoms with Crippen molar-refractivity contribution in [1.29, 1.82) is 0 Å². The Morgan fingerprint density at radius 3 is 2.38 bits per heavy atom. The van der Waals surface area contributed by atoms with E-state index >= 15 is 0 Å². The zero-order valence-corrected chi connectivity index (χ0v) is 14.4. The maximum atomic E-state index is 12.8. The predicted octanol–water partition coefficient (Wildman–Crippen LogP) is 2.52. The molecule has 1 atom stereocenters. The Hall–Kier alpha value is -1.17. The molecule has 4 nitrogen and oxygen atoms in total. The molecule has 1 aromatic rings. The average molecular weight is 336 g/mol. The lowest BCUT2D eigenvalue weighted by atomic mass is 10.00. The Balaban J connectivity index is 1.35. The van der Waals surface area contributed by atoms with Gasteiger partial charge in [-0.05, 0) is 76.1 Å². The summed E-state index contributed by atoms with van der Waals surface area (Å²) in [6, 6.07) is 6.65. The molecule has 0 bridgehead atoms. The van der Waals surface area contributed by atoms with Crippen LogP contribution >= 0.6 is 0 Å². The van der Waals surface area contributed by atoms with E-state index in [4.69, 9.17) is 4.74 Å². The molecule has 0 saturated carbocycles. The fourth-order valence-corrected chi connectivity index (χ4v) is 3.82. The summed E-state index contributed by atoms with van der Waals surface area (Å²) in [5.74, 6) is 0.318. The second-order valence-corrected chi connectivity index (χ2v) is 7.05. The van der Waals surface area contributed by atoms with Crippen LogP contribution in [-0.4, -0.2) is 66.4 Å². The second kappa shape index (κ2) is 8.79. The molecule has 2 aliphatic heterocycles. The molecular formula is C19H29FN2O2. The second-order valence-electron chi connectivity index (χ2n) is 7.05. The summed E-state index contributed by atoms with van der Waals surface area (Å²) >= 11 is 0. The third-order valence-corrected chi connectivity index (χ3v) is 5.19. The molecule has 1 aromatic carbocycles. The molecule has 24 heavy (non-hydrogen) atoms. The Morgan fingerprint density at radius 2 is 1.71 bits per heavy atom. The molecule has 0 aromatic heterocycles. The number of hydrogen-bond acceptors (Lipinski definition) is 4. The number of nitrogens with zero attached hydrogens (tertiary/aromatic N) is 2. The van der Waals surface area contributed by atoms with E-state index < -0.39 is 6.10 Å². The van der Waals surface area contributed by atoms with Gasteiger partial charge in [0.1, 0.15) is 24.3 Å². The molecule has 1 N–H and O–H groups in total. The van der Waals surface area contributed by atoms with Crippen LogP contribution in [0.2, 0.25) is 0 Å². The first-order valence-corrected chi connectivity index (χ1v) is 9.23. The van der Waals surface area contributed by atoms with E-state index in [0.717, 1.165) is 19.1 Å². The third kappa shape index (κ3) is 5.16. The first-order valence-electron chi connectivity index (χ1n) is 9.23. The zero-order chi connectivity index (χ0) is 16.8. The minimum Gasteiger partial charge on any atom is -0.491 e. The highest BCUT2D eigenvalue weighted by atomic mass is 19.1. The van der Waals surface area contributed by atoms with Gasteiger partial charge < -0.3 is 19.6 Å². The normalized spacial score (nSPS) is 22.4. The van der Waals surface area contributed by atoms with Gasteiger partial charge >= 0.3 is 0 Å². The molecule has 2 saturated heterocycles. The summed E-state index contributed by atoms with van der Waals surface area (Å²) in [6.07, 6.45) is 5.97. The van der Waals surface area contributed by atoms with Gasteiger partial charge in [0, 0.05) is 12.6 Å². The van der Waals surface area contributed by atoms with Crippen LogP contribution in [-0.2, 0) is 0 Å². The number of ether oxygens (including phenoxy) is 1.